The number of phenols is 1. The predicted molar refractivity (Wildman–Crippen MR) is 181 cm³/mol. The lowest BCUT2D eigenvalue weighted by molar-refractivity contribution is -0.145. The highest BCUT2D eigenvalue weighted by Gasteiger charge is 2.32. The van der Waals surface area contributed by atoms with Crippen LogP contribution >= 0.6 is 0 Å². The van der Waals surface area contributed by atoms with Crippen molar-refractivity contribution in [1.82, 2.24) is 26.6 Å². The average molecular weight is 701 g/mol. The first-order chi connectivity index (χ1) is 23.5. The molecule has 0 saturated heterocycles. The molecule has 0 aromatic heterocycles. The summed E-state index contributed by atoms with van der Waals surface area (Å²) in [5.41, 5.74) is 7.27. The normalized spacial score (nSPS) is 15.3. The number of carboxylic acids is 1. The number of nitrogens with two attached hydrogens (primary N) is 1. The Morgan fingerprint density at radius 2 is 1.20 bits per heavy atom. The summed E-state index contributed by atoms with van der Waals surface area (Å²) in [5, 5.41) is 51.0. The highest BCUT2D eigenvalue weighted by molar-refractivity contribution is 5.95. The van der Waals surface area contributed by atoms with E-state index in [2.05, 4.69) is 26.6 Å². The highest BCUT2D eigenvalue weighted by atomic mass is 16.4. The Morgan fingerprint density at radius 1 is 0.660 bits per heavy atom. The van der Waals surface area contributed by atoms with Gasteiger partial charge in [0, 0.05) is 6.42 Å². The van der Waals surface area contributed by atoms with Crippen LogP contribution in [0, 0.1) is 5.92 Å². The van der Waals surface area contributed by atoms with Crippen molar-refractivity contribution in [2.75, 3.05) is 6.54 Å². The summed E-state index contributed by atoms with van der Waals surface area (Å²) in [6, 6.07) is 7.97. The third kappa shape index (κ3) is 13.8. The molecule has 11 N–H and O–H groups in total. The number of carboxylic acid groups (broad SMARTS) is 1. The number of aliphatic carboxylic acids is 1. The van der Waals surface area contributed by atoms with Crippen LogP contribution in [-0.4, -0.2) is 105 Å². The van der Waals surface area contributed by atoms with Gasteiger partial charge in [0.2, 0.25) is 29.5 Å². The van der Waals surface area contributed by atoms with Gasteiger partial charge in [0.25, 0.3) is 0 Å². The number of carbonyl (C=O) groups excluding carboxylic acids is 5. The van der Waals surface area contributed by atoms with Gasteiger partial charge in [-0.25, -0.2) is 4.79 Å². The molecule has 0 spiro atoms. The molecule has 7 unspecified atom stereocenters. The summed E-state index contributed by atoms with van der Waals surface area (Å²) in [7, 11) is 0. The number of aliphatic hydroxyl groups excluding tert-OH is 2. The lowest BCUT2D eigenvalue weighted by atomic mass is 10.0. The van der Waals surface area contributed by atoms with Crippen LogP contribution in [0.5, 0.6) is 5.75 Å². The Bertz CT molecular complexity index is 1450. The lowest BCUT2D eigenvalue weighted by Crippen LogP contribution is -2.59. The minimum atomic E-state index is -1.64. The Labute approximate surface area is 290 Å². The summed E-state index contributed by atoms with van der Waals surface area (Å²) in [6.07, 6.45) is -2.63. The van der Waals surface area contributed by atoms with Crippen LogP contribution in [-0.2, 0) is 41.6 Å². The number of hydrogen-bond donors (Lipinski definition) is 10. The molecule has 0 aliphatic heterocycles. The minimum absolute atomic E-state index is 0.0337. The largest absolute Gasteiger partial charge is 0.508 e. The quantitative estimate of drug-likeness (QED) is 0.0802. The lowest BCUT2D eigenvalue weighted by Gasteiger charge is -2.26. The number of hydrogen-bond acceptors (Lipinski definition) is 10. The molecule has 0 radical (unpaired) electrons. The van der Waals surface area contributed by atoms with E-state index in [4.69, 9.17) is 5.73 Å². The van der Waals surface area contributed by atoms with Gasteiger partial charge in [-0.1, -0.05) is 56.3 Å². The van der Waals surface area contributed by atoms with Gasteiger partial charge in [-0.3, -0.25) is 24.0 Å². The van der Waals surface area contributed by atoms with Gasteiger partial charge in [-0.2, -0.15) is 0 Å². The fraction of sp³-hybridized carbons (Fsp3) is 0.471. The molecule has 274 valence electrons. The summed E-state index contributed by atoms with van der Waals surface area (Å²) in [4.78, 5) is 76.8. The van der Waals surface area contributed by atoms with E-state index in [0.717, 1.165) is 0 Å². The number of nitrogens with one attached hydrogen (secondary N) is 5. The molecule has 0 aliphatic carbocycles. The zero-order valence-corrected chi connectivity index (χ0v) is 28.5. The molecule has 16 heteroatoms. The number of aromatic hydroxyl groups is 1. The van der Waals surface area contributed by atoms with E-state index in [1.54, 1.807) is 56.3 Å². The predicted octanol–water partition coefficient (Wildman–Crippen LogP) is -1.55. The van der Waals surface area contributed by atoms with Crippen molar-refractivity contribution in [1.29, 1.82) is 0 Å². The molecule has 2 aromatic carbocycles. The van der Waals surface area contributed by atoms with Crippen molar-refractivity contribution in [3.63, 3.8) is 0 Å². The Kier molecular flexibility index (Phi) is 16.3. The monoisotopic (exact) mass is 700 g/mol. The molecule has 0 saturated carbocycles. The Balaban J connectivity index is 2.09. The maximum atomic E-state index is 13.5. The van der Waals surface area contributed by atoms with Crippen LogP contribution in [0.4, 0.5) is 0 Å². The zero-order chi connectivity index (χ0) is 37.5. The Morgan fingerprint density at radius 3 is 1.74 bits per heavy atom. The number of rotatable bonds is 19. The van der Waals surface area contributed by atoms with Gasteiger partial charge in [0.1, 0.15) is 23.9 Å². The molecule has 50 heavy (non-hydrogen) atoms. The van der Waals surface area contributed by atoms with E-state index in [0.29, 0.717) is 11.1 Å². The smallest absolute Gasteiger partial charge is 0.328 e. The fourth-order valence-corrected chi connectivity index (χ4v) is 4.84. The summed E-state index contributed by atoms with van der Waals surface area (Å²) < 4.78 is 0. The fourth-order valence-electron chi connectivity index (χ4n) is 4.84. The second-order valence-electron chi connectivity index (χ2n) is 12.5. The van der Waals surface area contributed by atoms with Gasteiger partial charge >= 0.3 is 5.97 Å². The summed E-state index contributed by atoms with van der Waals surface area (Å²) in [6.45, 7) is 5.42. The maximum Gasteiger partial charge on any atom is 0.328 e. The van der Waals surface area contributed by atoms with Crippen LogP contribution in [0.15, 0.2) is 54.6 Å². The van der Waals surface area contributed by atoms with E-state index < -0.39 is 84.5 Å². The first kappa shape index (κ1) is 41.1. The van der Waals surface area contributed by atoms with Crippen molar-refractivity contribution in [2.24, 2.45) is 11.7 Å². The van der Waals surface area contributed by atoms with E-state index >= 15 is 0 Å². The molecule has 0 fully saturated rings. The second kappa shape index (κ2) is 19.8. The number of aliphatic hydroxyl groups is 2. The average Bonchev–Trinajstić information content (AvgIpc) is 3.04. The van der Waals surface area contributed by atoms with Crippen LogP contribution in [0.2, 0.25) is 0 Å². The van der Waals surface area contributed by atoms with Crippen LogP contribution in [0.1, 0.15) is 45.2 Å². The van der Waals surface area contributed by atoms with Crippen molar-refractivity contribution in [2.45, 2.75) is 89.4 Å². The third-order valence-electron chi connectivity index (χ3n) is 7.54. The standard InChI is InChI=1S/C34H48N6O10/c1-18(2)14-25(31(46)38-26(16-21-8-6-5-7-9-21)32(47)40-29(20(4)42)34(49)50)37-27(44)17-36-33(48)28(19(3)41)39-30(45)24(35)15-22-10-12-23(43)13-11-22/h5-13,18-20,24-26,28-29,41-43H,14-17,35H2,1-4H3,(H,36,48)(H,37,44)(H,38,46)(H,39,45)(H,40,47)(H,49,50). The van der Waals surface area contributed by atoms with Crippen LogP contribution < -0.4 is 32.3 Å². The van der Waals surface area contributed by atoms with Gasteiger partial charge in [0.15, 0.2) is 6.04 Å². The Hall–Kier alpha value is -5.06. The number of benzene rings is 2. The van der Waals surface area contributed by atoms with E-state index in [1.807, 2.05) is 0 Å². The molecule has 5 amide bonds. The molecule has 2 aromatic rings. The first-order valence-corrected chi connectivity index (χ1v) is 16.1. The first-order valence-electron chi connectivity index (χ1n) is 16.1. The molecule has 16 nitrogen and oxygen atoms in total. The van der Waals surface area contributed by atoms with E-state index in [-0.39, 0.29) is 30.9 Å². The van der Waals surface area contributed by atoms with Crippen LogP contribution in [0.3, 0.4) is 0 Å². The van der Waals surface area contributed by atoms with Crippen LogP contribution in [0.25, 0.3) is 0 Å². The molecule has 0 heterocycles. The highest BCUT2D eigenvalue weighted by Crippen LogP contribution is 2.12. The van der Waals surface area contributed by atoms with Crippen molar-refractivity contribution >= 4 is 35.5 Å². The number of amides is 5. The van der Waals surface area contributed by atoms with Gasteiger partial charge in [0.05, 0.1) is 24.8 Å². The van der Waals surface area contributed by atoms with E-state index in [1.165, 1.54) is 26.0 Å². The summed E-state index contributed by atoms with van der Waals surface area (Å²) in [5.74, 6) is -5.60. The molecule has 0 bridgehead atoms. The van der Waals surface area contributed by atoms with Crippen molar-refractivity contribution in [3.8, 4) is 5.75 Å². The number of phenolic OH excluding ortho intramolecular Hbond substituents is 1. The molecular weight excluding hydrogens is 652 g/mol. The van der Waals surface area contributed by atoms with E-state index in [9.17, 15) is 49.2 Å². The van der Waals surface area contributed by atoms with Gasteiger partial charge in [-0.15, -0.1) is 0 Å². The topological polar surface area (TPSA) is 270 Å². The molecule has 0 aliphatic rings. The minimum Gasteiger partial charge on any atom is -0.508 e. The SMILES string of the molecule is CC(C)CC(NC(=O)CNC(=O)C(NC(=O)C(N)Cc1ccc(O)cc1)C(C)O)C(=O)NC(Cc1ccccc1)C(=O)NC(C(=O)O)C(C)O. The molecule has 2 rings (SSSR count). The molecule has 7 atom stereocenters. The third-order valence-corrected chi connectivity index (χ3v) is 7.54. The van der Waals surface area contributed by atoms with Gasteiger partial charge in [-0.05, 0) is 55.9 Å². The second-order valence-corrected chi connectivity index (χ2v) is 12.5. The zero-order valence-electron chi connectivity index (χ0n) is 28.5. The van der Waals surface area contributed by atoms with Gasteiger partial charge < -0.3 is 52.7 Å². The maximum absolute atomic E-state index is 13.5. The molecular formula is C34H48N6O10. The van der Waals surface area contributed by atoms with Crippen molar-refractivity contribution in [3.05, 3.63) is 65.7 Å². The summed E-state index contributed by atoms with van der Waals surface area (Å²) >= 11 is 0. The van der Waals surface area contributed by atoms with Crippen molar-refractivity contribution < 1.29 is 49.2 Å². The number of carbonyl (C=O) groups is 6.